The second-order valence-electron chi connectivity index (χ2n) is 6.68. The molecule has 2 heterocycles. The van der Waals surface area contributed by atoms with Crippen molar-refractivity contribution in [2.45, 2.75) is 32.3 Å². The summed E-state index contributed by atoms with van der Waals surface area (Å²) in [4.78, 5) is 37.8. The Hall–Kier alpha value is -3.13. The van der Waals surface area contributed by atoms with Crippen LogP contribution in [0.3, 0.4) is 0 Å². The smallest absolute Gasteiger partial charge is 0.313 e. The molecule has 1 fully saturated rings. The van der Waals surface area contributed by atoms with E-state index in [1.54, 1.807) is 35.2 Å². The maximum atomic E-state index is 12.1. The Balaban J connectivity index is 1.53. The average Bonchev–Trinajstić information content (AvgIpc) is 3.35. The van der Waals surface area contributed by atoms with Crippen molar-refractivity contribution in [1.29, 1.82) is 0 Å². The van der Waals surface area contributed by atoms with Gasteiger partial charge in [-0.15, -0.1) is 0 Å². The summed E-state index contributed by atoms with van der Waals surface area (Å²) in [5, 5.41) is 14.9. The molecule has 1 aliphatic rings. The van der Waals surface area contributed by atoms with Gasteiger partial charge >= 0.3 is 11.8 Å². The zero-order valence-electron chi connectivity index (χ0n) is 15.6. The molecular weight excluding hydrogens is 362 g/mol. The Bertz CT molecular complexity index is 863. The standard InChI is InChI=1S/C20H23N3O5/c1-13-6-7-14(12-15(13)23-10-2-5-18(23)25)22-20(27)19(26)21-9-8-16(24)17-4-3-11-28-17/h3-4,6-7,11-12,16,24H,2,5,8-10H2,1H3,(H,21,26)(H,22,27)/t16-/m0/s1. The van der Waals surface area contributed by atoms with Crippen LogP contribution >= 0.6 is 0 Å². The molecule has 0 radical (unpaired) electrons. The lowest BCUT2D eigenvalue weighted by molar-refractivity contribution is -0.136. The second kappa shape index (κ2) is 8.71. The van der Waals surface area contributed by atoms with Gasteiger partial charge < -0.3 is 25.1 Å². The van der Waals surface area contributed by atoms with Crippen molar-refractivity contribution in [3.05, 3.63) is 47.9 Å². The van der Waals surface area contributed by atoms with E-state index in [0.717, 1.165) is 17.7 Å². The number of nitrogens with zero attached hydrogens (tertiary/aromatic N) is 1. The number of benzene rings is 1. The van der Waals surface area contributed by atoms with Crippen LogP contribution < -0.4 is 15.5 Å². The van der Waals surface area contributed by atoms with E-state index in [1.807, 2.05) is 6.92 Å². The van der Waals surface area contributed by atoms with Crippen LogP contribution in [0.25, 0.3) is 0 Å². The summed E-state index contributed by atoms with van der Waals surface area (Å²) in [5.74, 6) is -1.15. The van der Waals surface area contributed by atoms with E-state index in [0.29, 0.717) is 24.4 Å². The van der Waals surface area contributed by atoms with Gasteiger partial charge in [0.2, 0.25) is 5.91 Å². The molecule has 0 aliphatic carbocycles. The molecule has 8 heteroatoms. The normalized spacial score (nSPS) is 14.8. The molecule has 3 N–H and O–H groups in total. The van der Waals surface area contributed by atoms with Crippen molar-refractivity contribution in [1.82, 2.24) is 5.32 Å². The predicted molar refractivity (Wildman–Crippen MR) is 103 cm³/mol. The quantitative estimate of drug-likeness (QED) is 0.658. The van der Waals surface area contributed by atoms with Crippen molar-refractivity contribution < 1.29 is 23.9 Å². The molecule has 2 aromatic rings. The lowest BCUT2D eigenvalue weighted by Crippen LogP contribution is -2.36. The maximum Gasteiger partial charge on any atom is 0.313 e. The number of aliphatic hydroxyl groups is 1. The summed E-state index contributed by atoms with van der Waals surface area (Å²) in [6.45, 7) is 2.66. The van der Waals surface area contributed by atoms with Crippen LogP contribution in [0.5, 0.6) is 0 Å². The number of aliphatic hydroxyl groups excluding tert-OH is 1. The molecule has 8 nitrogen and oxygen atoms in total. The van der Waals surface area contributed by atoms with E-state index in [9.17, 15) is 19.5 Å². The summed E-state index contributed by atoms with van der Waals surface area (Å²) >= 11 is 0. The first-order valence-electron chi connectivity index (χ1n) is 9.17. The van der Waals surface area contributed by atoms with Crippen LogP contribution in [0, 0.1) is 6.92 Å². The van der Waals surface area contributed by atoms with Crippen molar-refractivity contribution in [3.8, 4) is 0 Å². The van der Waals surface area contributed by atoms with Gasteiger partial charge in [0.1, 0.15) is 11.9 Å². The van der Waals surface area contributed by atoms with Crippen LogP contribution in [0.2, 0.25) is 0 Å². The number of furan rings is 1. The van der Waals surface area contributed by atoms with Gasteiger partial charge in [-0.1, -0.05) is 6.07 Å². The highest BCUT2D eigenvalue weighted by atomic mass is 16.4. The van der Waals surface area contributed by atoms with E-state index >= 15 is 0 Å². The molecule has 148 valence electrons. The zero-order valence-corrected chi connectivity index (χ0v) is 15.6. The number of aryl methyl sites for hydroxylation is 1. The van der Waals surface area contributed by atoms with Gasteiger partial charge in [0.25, 0.3) is 0 Å². The molecule has 1 aromatic carbocycles. The van der Waals surface area contributed by atoms with Gasteiger partial charge in [0, 0.05) is 30.9 Å². The average molecular weight is 385 g/mol. The molecule has 1 saturated heterocycles. The minimum absolute atomic E-state index is 0.0550. The summed E-state index contributed by atoms with van der Waals surface area (Å²) in [5.41, 5.74) is 2.10. The third-order valence-electron chi connectivity index (χ3n) is 4.61. The predicted octanol–water partition coefficient (Wildman–Crippen LogP) is 1.89. The fraction of sp³-hybridized carbons (Fsp3) is 0.350. The number of nitrogens with one attached hydrogen (secondary N) is 2. The third-order valence-corrected chi connectivity index (χ3v) is 4.61. The fourth-order valence-corrected chi connectivity index (χ4v) is 3.09. The summed E-state index contributed by atoms with van der Waals surface area (Å²) in [7, 11) is 0. The number of carbonyl (C=O) groups excluding carboxylic acids is 3. The van der Waals surface area contributed by atoms with Gasteiger partial charge in [-0.3, -0.25) is 14.4 Å². The van der Waals surface area contributed by atoms with Gasteiger partial charge in [-0.05, 0) is 49.6 Å². The number of rotatable bonds is 6. The highest BCUT2D eigenvalue weighted by Gasteiger charge is 2.23. The highest BCUT2D eigenvalue weighted by molar-refractivity contribution is 6.39. The largest absolute Gasteiger partial charge is 0.467 e. The molecule has 3 rings (SSSR count). The van der Waals surface area contributed by atoms with E-state index in [4.69, 9.17) is 4.42 Å². The van der Waals surface area contributed by atoms with Gasteiger partial charge in [0.05, 0.1) is 6.26 Å². The van der Waals surface area contributed by atoms with Crippen molar-refractivity contribution >= 4 is 29.1 Å². The van der Waals surface area contributed by atoms with Crippen LogP contribution in [0.1, 0.15) is 36.7 Å². The van der Waals surface area contributed by atoms with E-state index in [1.165, 1.54) is 6.26 Å². The molecular formula is C20H23N3O5. The number of amides is 3. The number of anilines is 2. The molecule has 28 heavy (non-hydrogen) atoms. The van der Waals surface area contributed by atoms with E-state index in [-0.39, 0.29) is 18.9 Å². The van der Waals surface area contributed by atoms with E-state index in [2.05, 4.69) is 10.6 Å². The number of hydrogen-bond acceptors (Lipinski definition) is 5. The molecule has 1 aliphatic heterocycles. The van der Waals surface area contributed by atoms with Crippen molar-refractivity contribution in [3.63, 3.8) is 0 Å². The first kappa shape index (κ1) is 19.6. The summed E-state index contributed by atoms with van der Waals surface area (Å²) in [6, 6.07) is 8.49. The van der Waals surface area contributed by atoms with Gasteiger partial charge in [-0.2, -0.15) is 0 Å². The monoisotopic (exact) mass is 385 g/mol. The molecule has 0 bridgehead atoms. The van der Waals surface area contributed by atoms with Crippen molar-refractivity contribution in [2.75, 3.05) is 23.3 Å². The first-order chi connectivity index (χ1) is 13.5. The Kier molecular flexibility index (Phi) is 6.10. The van der Waals surface area contributed by atoms with E-state index < -0.39 is 17.9 Å². The number of carbonyl (C=O) groups is 3. The molecule has 1 aromatic heterocycles. The molecule has 0 spiro atoms. The third kappa shape index (κ3) is 4.58. The molecule has 1 atom stereocenters. The van der Waals surface area contributed by atoms with Crippen LogP contribution in [-0.4, -0.2) is 35.9 Å². The van der Waals surface area contributed by atoms with Crippen LogP contribution in [-0.2, 0) is 14.4 Å². The lowest BCUT2D eigenvalue weighted by Gasteiger charge is -2.19. The Morgan fingerprint density at radius 3 is 2.79 bits per heavy atom. The van der Waals surface area contributed by atoms with Gasteiger partial charge in [-0.25, -0.2) is 0 Å². The lowest BCUT2D eigenvalue weighted by atomic mass is 10.1. The topological polar surface area (TPSA) is 112 Å². The molecule has 0 unspecified atom stereocenters. The second-order valence-corrected chi connectivity index (χ2v) is 6.68. The molecule has 0 saturated carbocycles. The molecule has 3 amide bonds. The Morgan fingerprint density at radius 1 is 1.29 bits per heavy atom. The van der Waals surface area contributed by atoms with Crippen molar-refractivity contribution in [2.24, 2.45) is 0 Å². The maximum absolute atomic E-state index is 12.1. The summed E-state index contributed by atoms with van der Waals surface area (Å²) < 4.78 is 5.08. The SMILES string of the molecule is Cc1ccc(NC(=O)C(=O)NCC[C@H](O)c2ccco2)cc1N1CCCC1=O. The minimum atomic E-state index is -0.851. The first-order valence-corrected chi connectivity index (χ1v) is 9.17. The minimum Gasteiger partial charge on any atom is -0.467 e. The zero-order chi connectivity index (χ0) is 20.1. The Labute approximate surface area is 162 Å². The van der Waals surface area contributed by atoms with Gasteiger partial charge in [0.15, 0.2) is 0 Å². The number of hydrogen-bond donors (Lipinski definition) is 3. The fourth-order valence-electron chi connectivity index (χ4n) is 3.09. The van der Waals surface area contributed by atoms with Crippen LogP contribution in [0.4, 0.5) is 11.4 Å². The summed E-state index contributed by atoms with van der Waals surface area (Å²) in [6.07, 6.45) is 2.15. The Morgan fingerprint density at radius 2 is 2.11 bits per heavy atom. The highest BCUT2D eigenvalue weighted by Crippen LogP contribution is 2.28. The van der Waals surface area contributed by atoms with Crippen LogP contribution in [0.15, 0.2) is 41.0 Å².